The summed E-state index contributed by atoms with van der Waals surface area (Å²) >= 11 is 0. The molecule has 0 amide bonds. The van der Waals surface area contributed by atoms with Crippen LogP contribution in [0, 0.1) is 0 Å². The summed E-state index contributed by atoms with van der Waals surface area (Å²) in [5.41, 5.74) is 0. The van der Waals surface area contributed by atoms with Crippen LogP contribution in [-0.2, 0) is 28.6 Å². The van der Waals surface area contributed by atoms with Crippen LogP contribution in [0.3, 0.4) is 0 Å². The number of unbranched alkanes of at least 4 members (excludes halogenated alkanes) is 25. The lowest BCUT2D eigenvalue weighted by atomic mass is 10.0. The predicted octanol–water partition coefficient (Wildman–Crippen LogP) is 16.1. The van der Waals surface area contributed by atoms with E-state index in [-0.39, 0.29) is 36.2 Å². The Kier molecular flexibility index (Phi) is 46.3. The summed E-state index contributed by atoms with van der Waals surface area (Å²) in [6.07, 6.45) is 61.4. The third-order valence-corrected chi connectivity index (χ3v) is 12.2. The van der Waals surface area contributed by atoms with Gasteiger partial charge >= 0.3 is 17.9 Å². The number of esters is 2. The van der Waals surface area contributed by atoms with E-state index in [4.69, 9.17) is 14.2 Å². The molecule has 0 aromatic rings. The van der Waals surface area contributed by atoms with Gasteiger partial charge in [-0.15, -0.1) is 0 Å². The minimum Gasteiger partial charge on any atom is -0.477 e. The molecule has 0 aliphatic rings. The van der Waals surface area contributed by atoms with Gasteiger partial charge in [-0.1, -0.05) is 216 Å². The van der Waals surface area contributed by atoms with Crippen LogP contribution in [-0.4, -0.2) is 80.6 Å². The van der Waals surface area contributed by atoms with Gasteiger partial charge in [-0.25, -0.2) is 4.79 Å². The van der Waals surface area contributed by atoms with E-state index in [1.54, 1.807) is 0 Å². The summed E-state index contributed by atoms with van der Waals surface area (Å²) in [7, 11) is 5.53. The summed E-state index contributed by atoms with van der Waals surface area (Å²) < 4.78 is 17.3. The first-order valence-corrected chi connectivity index (χ1v) is 27.3. The third-order valence-electron chi connectivity index (χ3n) is 12.2. The molecule has 0 fully saturated rings. The molecule has 66 heavy (non-hydrogen) atoms. The van der Waals surface area contributed by atoms with Crippen LogP contribution in [0.2, 0.25) is 0 Å². The molecule has 0 aromatic carbocycles. The van der Waals surface area contributed by atoms with Crippen molar-refractivity contribution < 1.29 is 38.2 Å². The maximum absolute atomic E-state index is 12.8. The topological polar surface area (TPSA) is 99.1 Å². The molecular weight excluding hydrogens is 823 g/mol. The quantitative estimate of drug-likeness (QED) is 0.0281. The number of likely N-dealkylation sites (N-methyl/N-ethyl adjacent to an activating group) is 1. The van der Waals surface area contributed by atoms with Gasteiger partial charge in [-0.2, -0.15) is 0 Å². The van der Waals surface area contributed by atoms with Crippen LogP contribution in [0.25, 0.3) is 0 Å². The van der Waals surface area contributed by atoms with E-state index in [2.05, 4.69) is 74.6 Å². The van der Waals surface area contributed by atoms with Crippen molar-refractivity contribution in [3.63, 3.8) is 0 Å². The second-order valence-electron chi connectivity index (χ2n) is 19.5. The molecule has 0 saturated carbocycles. The van der Waals surface area contributed by atoms with Crippen LogP contribution in [0.4, 0.5) is 0 Å². The van der Waals surface area contributed by atoms with Crippen molar-refractivity contribution in [1.29, 1.82) is 0 Å². The Bertz CT molecular complexity index is 1260. The molecule has 2 unspecified atom stereocenters. The number of carboxylic acids is 1. The van der Waals surface area contributed by atoms with Gasteiger partial charge in [0.15, 0.2) is 12.1 Å². The fourth-order valence-corrected chi connectivity index (χ4v) is 7.94. The average Bonchev–Trinajstić information content (AvgIpc) is 3.28. The van der Waals surface area contributed by atoms with Gasteiger partial charge < -0.3 is 23.8 Å². The van der Waals surface area contributed by atoms with E-state index in [0.717, 1.165) is 64.2 Å². The SMILES string of the molecule is CCCCC/C=C/C/C=C/C/C=C/C/C=C/C/C=C/CCCCC(=O)OCC(COCCC(C(=O)O)[N+](C)(C)C)OC(=O)CCCCCCCCCCCCCCCCCCCCCCC. The molecule has 0 aliphatic carbocycles. The first-order valence-electron chi connectivity index (χ1n) is 27.3. The van der Waals surface area contributed by atoms with Crippen molar-refractivity contribution in [2.75, 3.05) is 41.0 Å². The highest BCUT2D eigenvalue weighted by molar-refractivity contribution is 5.72. The molecule has 0 saturated heterocycles. The number of hydrogen-bond acceptors (Lipinski definition) is 6. The number of carbonyl (C=O) groups is 3. The molecule has 0 aliphatic heterocycles. The summed E-state index contributed by atoms with van der Waals surface area (Å²) in [5, 5.41) is 9.67. The van der Waals surface area contributed by atoms with Gasteiger partial charge in [0.05, 0.1) is 34.4 Å². The summed E-state index contributed by atoms with van der Waals surface area (Å²) in [5.74, 6) is -1.51. The van der Waals surface area contributed by atoms with Gasteiger partial charge in [0.25, 0.3) is 0 Å². The Morgan fingerprint density at radius 2 is 0.803 bits per heavy atom. The van der Waals surface area contributed by atoms with Crippen LogP contribution < -0.4 is 0 Å². The largest absolute Gasteiger partial charge is 0.477 e. The lowest BCUT2D eigenvalue weighted by Crippen LogP contribution is -2.50. The number of ether oxygens (including phenoxy) is 3. The fourth-order valence-electron chi connectivity index (χ4n) is 7.94. The number of aliphatic carboxylic acids is 1. The van der Waals surface area contributed by atoms with Gasteiger partial charge in [0, 0.05) is 19.3 Å². The minimum absolute atomic E-state index is 0.0477. The first-order chi connectivity index (χ1) is 32.1. The second kappa shape index (κ2) is 48.5. The Balaban J connectivity index is 4.28. The van der Waals surface area contributed by atoms with E-state index in [9.17, 15) is 19.5 Å². The summed E-state index contributed by atoms with van der Waals surface area (Å²) in [4.78, 5) is 37.2. The van der Waals surface area contributed by atoms with E-state index in [1.165, 1.54) is 141 Å². The highest BCUT2D eigenvalue weighted by atomic mass is 16.6. The Morgan fingerprint density at radius 1 is 0.455 bits per heavy atom. The van der Waals surface area contributed by atoms with Gasteiger partial charge in [0.1, 0.15) is 6.61 Å². The lowest BCUT2D eigenvalue weighted by Gasteiger charge is -2.31. The van der Waals surface area contributed by atoms with E-state index < -0.39 is 18.1 Å². The Morgan fingerprint density at radius 3 is 1.21 bits per heavy atom. The molecule has 0 aromatic heterocycles. The molecule has 8 heteroatoms. The van der Waals surface area contributed by atoms with E-state index in [0.29, 0.717) is 19.3 Å². The molecule has 8 nitrogen and oxygen atoms in total. The zero-order chi connectivity index (χ0) is 48.4. The van der Waals surface area contributed by atoms with Crippen molar-refractivity contribution in [1.82, 2.24) is 0 Å². The summed E-state index contributed by atoms with van der Waals surface area (Å²) in [6.45, 7) is 4.69. The van der Waals surface area contributed by atoms with E-state index >= 15 is 0 Å². The van der Waals surface area contributed by atoms with Crippen molar-refractivity contribution in [3.05, 3.63) is 60.8 Å². The highest BCUT2D eigenvalue weighted by Crippen LogP contribution is 2.16. The number of carbonyl (C=O) groups excluding carboxylic acids is 2. The zero-order valence-electron chi connectivity index (χ0n) is 43.6. The number of hydrogen-bond donors (Lipinski definition) is 1. The third kappa shape index (κ3) is 46.2. The Hall–Kier alpha value is -2.97. The lowest BCUT2D eigenvalue weighted by molar-refractivity contribution is -0.887. The molecule has 2 atom stereocenters. The maximum atomic E-state index is 12.8. The van der Waals surface area contributed by atoms with Crippen LogP contribution >= 0.6 is 0 Å². The van der Waals surface area contributed by atoms with Crippen molar-refractivity contribution in [3.8, 4) is 0 Å². The summed E-state index contributed by atoms with van der Waals surface area (Å²) in [6, 6.07) is -0.623. The smallest absolute Gasteiger partial charge is 0.362 e. The zero-order valence-corrected chi connectivity index (χ0v) is 43.6. The van der Waals surface area contributed by atoms with Gasteiger partial charge in [0.2, 0.25) is 0 Å². The molecule has 0 heterocycles. The number of rotatable bonds is 49. The van der Waals surface area contributed by atoms with Crippen LogP contribution in [0.1, 0.15) is 239 Å². The molecule has 382 valence electrons. The van der Waals surface area contributed by atoms with Crippen molar-refractivity contribution >= 4 is 17.9 Å². The highest BCUT2D eigenvalue weighted by Gasteiger charge is 2.31. The monoisotopic (exact) mass is 927 g/mol. The number of quaternary nitrogens is 1. The number of allylic oxidation sites excluding steroid dienone is 10. The van der Waals surface area contributed by atoms with Gasteiger partial charge in [-0.05, 0) is 64.2 Å². The van der Waals surface area contributed by atoms with Crippen molar-refractivity contribution in [2.24, 2.45) is 0 Å². The van der Waals surface area contributed by atoms with Crippen LogP contribution in [0.5, 0.6) is 0 Å². The molecule has 0 radical (unpaired) electrons. The van der Waals surface area contributed by atoms with Gasteiger partial charge in [-0.3, -0.25) is 9.59 Å². The van der Waals surface area contributed by atoms with E-state index in [1.807, 2.05) is 21.1 Å². The number of carboxylic acid groups (broad SMARTS) is 1. The Labute approximate surface area is 407 Å². The second-order valence-corrected chi connectivity index (χ2v) is 19.5. The van der Waals surface area contributed by atoms with Crippen LogP contribution in [0.15, 0.2) is 60.8 Å². The average molecular weight is 927 g/mol. The fraction of sp³-hybridized carbons (Fsp3) is 0.776. The minimum atomic E-state index is -0.880. The molecular formula is C58H104NO7+. The molecule has 0 rings (SSSR count). The first kappa shape index (κ1) is 63.0. The van der Waals surface area contributed by atoms with Crippen molar-refractivity contribution in [2.45, 2.75) is 251 Å². The molecule has 0 bridgehead atoms. The standard InChI is InChI=1S/C58H103NO7/c1-6-8-10-12-14-16-18-20-22-24-26-28-30-32-34-36-38-40-42-44-46-48-56(60)65-53-54(52-64-51-50-55(58(62)63)59(3,4)5)66-57(61)49-47-45-43-41-39-37-35-33-31-29-27-25-23-21-19-17-15-13-11-9-7-2/h14,16,20,22,26,28,32,34,38,40,54-55H,6-13,15,17-19,21,23-25,27,29-31,33,35-37,39,41-53H2,1-5H3/p+1/b16-14+,22-20+,28-26+,34-32+,40-38+. The maximum Gasteiger partial charge on any atom is 0.362 e. The number of nitrogens with zero attached hydrogens (tertiary/aromatic N) is 1. The predicted molar refractivity (Wildman–Crippen MR) is 280 cm³/mol. The normalized spacial score (nSPS) is 13.3. The molecule has 1 N–H and O–H groups in total. The molecule has 0 spiro atoms.